The third kappa shape index (κ3) is 2.18. The summed E-state index contributed by atoms with van der Waals surface area (Å²) in [6.45, 7) is 7.09. The highest BCUT2D eigenvalue weighted by Crippen LogP contribution is 2.48. The molecule has 0 saturated carbocycles. The molecule has 1 N–H and O–H groups in total. The Labute approximate surface area is 127 Å². The molecule has 1 fully saturated rings. The molecule has 0 radical (unpaired) electrons. The van der Waals surface area contributed by atoms with Gasteiger partial charge in [-0.25, -0.2) is 0 Å². The van der Waals surface area contributed by atoms with Crippen molar-refractivity contribution in [1.82, 2.24) is 4.90 Å². The van der Waals surface area contributed by atoms with Crippen molar-refractivity contribution in [1.29, 1.82) is 0 Å². The second-order valence-corrected chi connectivity index (χ2v) is 6.93. The smallest absolute Gasteiger partial charge is 0.223 e. The van der Waals surface area contributed by atoms with Gasteiger partial charge < -0.3 is 10.0 Å². The highest BCUT2D eigenvalue weighted by molar-refractivity contribution is 5.78. The molecule has 1 aliphatic carbocycles. The fourth-order valence-electron chi connectivity index (χ4n) is 3.82. The number of aryl methyl sites for hydroxylation is 1. The van der Waals surface area contributed by atoms with E-state index in [9.17, 15) is 9.90 Å². The molecule has 3 heteroatoms. The van der Waals surface area contributed by atoms with E-state index in [1.807, 2.05) is 4.90 Å². The standard InChI is InChI=1S/C18H25NO2/c1-4-12-8-9-13-14(11-12)18(2,3)17(21)16(13)19-10-6-5-7-15(19)20/h8-9,11,16-17,21H,4-7,10H2,1-3H3. The number of hydrogen-bond acceptors (Lipinski definition) is 2. The van der Waals surface area contributed by atoms with Crippen LogP contribution in [-0.2, 0) is 16.6 Å². The number of carbonyl (C=O) groups is 1. The van der Waals surface area contributed by atoms with Gasteiger partial charge in [-0.2, -0.15) is 0 Å². The summed E-state index contributed by atoms with van der Waals surface area (Å²) < 4.78 is 0. The summed E-state index contributed by atoms with van der Waals surface area (Å²) in [7, 11) is 0. The zero-order chi connectivity index (χ0) is 15.2. The first-order valence-corrected chi connectivity index (χ1v) is 8.07. The Balaban J connectivity index is 2.06. The zero-order valence-corrected chi connectivity index (χ0v) is 13.2. The molecule has 2 atom stereocenters. The minimum absolute atomic E-state index is 0.172. The van der Waals surface area contributed by atoms with Gasteiger partial charge in [0.15, 0.2) is 0 Å². The second-order valence-electron chi connectivity index (χ2n) is 6.93. The first kappa shape index (κ1) is 14.6. The second kappa shape index (κ2) is 5.13. The third-order valence-corrected chi connectivity index (χ3v) is 5.27. The Bertz CT molecular complexity index is 564. The molecule has 0 bridgehead atoms. The number of fused-ring (bicyclic) bond motifs is 1. The number of aliphatic hydroxyl groups is 1. The Morgan fingerprint density at radius 2 is 2.10 bits per heavy atom. The molecule has 114 valence electrons. The summed E-state index contributed by atoms with van der Waals surface area (Å²) in [4.78, 5) is 14.2. The van der Waals surface area contributed by atoms with Crippen molar-refractivity contribution in [2.75, 3.05) is 6.54 Å². The van der Waals surface area contributed by atoms with Crippen molar-refractivity contribution in [3.05, 3.63) is 34.9 Å². The van der Waals surface area contributed by atoms with Crippen LogP contribution in [0.5, 0.6) is 0 Å². The third-order valence-electron chi connectivity index (χ3n) is 5.27. The molecule has 1 saturated heterocycles. The molecule has 3 rings (SSSR count). The predicted octanol–water partition coefficient (Wildman–Crippen LogP) is 2.95. The summed E-state index contributed by atoms with van der Waals surface area (Å²) in [6.07, 6.45) is 3.10. The normalized spacial score (nSPS) is 27.8. The minimum atomic E-state index is -0.526. The van der Waals surface area contributed by atoms with E-state index in [2.05, 4.69) is 39.0 Å². The molecular formula is C18H25NO2. The largest absolute Gasteiger partial charge is 0.390 e. The highest BCUT2D eigenvalue weighted by Gasteiger charge is 2.49. The zero-order valence-electron chi connectivity index (χ0n) is 13.2. The van der Waals surface area contributed by atoms with Gasteiger partial charge in [-0.15, -0.1) is 0 Å². The van der Waals surface area contributed by atoms with Crippen LogP contribution in [-0.4, -0.2) is 28.6 Å². The molecule has 2 unspecified atom stereocenters. The molecule has 1 aromatic carbocycles. The SMILES string of the molecule is CCc1ccc2c(c1)C(C)(C)C(O)C2N1CCCCC1=O. The van der Waals surface area contributed by atoms with Crippen LogP contribution >= 0.6 is 0 Å². The fourth-order valence-corrected chi connectivity index (χ4v) is 3.82. The number of hydrogen-bond donors (Lipinski definition) is 1. The van der Waals surface area contributed by atoms with Crippen molar-refractivity contribution < 1.29 is 9.90 Å². The van der Waals surface area contributed by atoms with E-state index < -0.39 is 6.10 Å². The van der Waals surface area contributed by atoms with Crippen molar-refractivity contribution >= 4 is 5.91 Å². The van der Waals surface area contributed by atoms with E-state index in [1.54, 1.807) is 0 Å². The molecule has 1 heterocycles. The van der Waals surface area contributed by atoms with Crippen LogP contribution in [0.2, 0.25) is 0 Å². The number of likely N-dealkylation sites (tertiary alicyclic amines) is 1. The number of benzene rings is 1. The van der Waals surface area contributed by atoms with Crippen LogP contribution in [0.1, 0.15) is 62.8 Å². The van der Waals surface area contributed by atoms with E-state index in [4.69, 9.17) is 0 Å². The van der Waals surface area contributed by atoms with Crippen molar-refractivity contribution in [3.8, 4) is 0 Å². The Morgan fingerprint density at radius 3 is 2.76 bits per heavy atom. The summed E-state index contributed by atoms with van der Waals surface area (Å²) in [5, 5.41) is 10.9. The predicted molar refractivity (Wildman–Crippen MR) is 83.2 cm³/mol. The lowest BCUT2D eigenvalue weighted by atomic mass is 9.83. The van der Waals surface area contributed by atoms with Crippen LogP contribution in [0.3, 0.4) is 0 Å². The van der Waals surface area contributed by atoms with Crippen LogP contribution in [0.4, 0.5) is 0 Å². The summed E-state index contributed by atoms with van der Waals surface area (Å²) in [6, 6.07) is 6.30. The fraction of sp³-hybridized carbons (Fsp3) is 0.611. The molecule has 1 amide bonds. The van der Waals surface area contributed by atoms with Gasteiger partial charge >= 0.3 is 0 Å². The topological polar surface area (TPSA) is 40.5 Å². The quantitative estimate of drug-likeness (QED) is 0.908. The molecule has 0 aromatic heterocycles. The van der Waals surface area contributed by atoms with Crippen molar-refractivity contribution in [2.45, 2.75) is 64.0 Å². The molecule has 3 nitrogen and oxygen atoms in total. The van der Waals surface area contributed by atoms with Gasteiger partial charge in [-0.05, 0) is 36.0 Å². The lowest BCUT2D eigenvalue weighted by molar-refractivity contribution is -0.139. The van der Waals surface area contributed by atoms with Crippen molar-refractivity contribution in [3.63, 3.8) is 0 Å². The maximum Gasteiger partial charge on any atom is 0.223 e. The molecule has 1 aromatic rings. The van der Waals surface area contributed by atoms with Gasteiger partial charge in [-0.3, -0.25) is 4.79 Å². The monoisotopic (exact) mass is 287 g/mol. The highest BCUT2D eigenvalue weighted by atomic mass is 16.3. The maximum absolute atomic E-state index is 12.3. The van der Waals surface area contributed by atoms with Gasteiger partial charge in [-0.1, -0.05) is 39.0 Å². The first-order valence-electron chi connectivity index (χ1n) is 8.07. The first-order chi connectivity index (χ1) is 9.96. The van der Waals surface area contributed by atoms with Gasteiger partial charge in [0.25, 0.3) is 0 Å². The summed E-state index contributed by atoms with van der Waals surface area (Å²) >= 11 is 0. The summed E-state index contributed by atoms with van der Waals surface area (Å²) in [5.41, 5.74) is 3.33. The molecule has 2 aliphatic rings. The molecule has 1 aliphatic heterocycles. The van der Waals surface area contributed by atoms with E-state index in [-0.39, 0.29) is 17.4 Å². The Kier molecular flexibility index (Phi) is 3.56. The maximum atomic E-state index is 12.3. The number of rotatable bonds is 2. The van der Waals surface area contributed by atoms with Gasteiger partial charge in [0, 0.05) is 18.4 Å². The van der Waals surface area contributed by atoms with Crippen LogP contribution in [0.25, 0.3) is 0 Å². The number of piperidine rings is 1. The van der Waals surface area contributed by atoms with Crippen LogP contribution in [0, 0.1) is 0 Å². The van der Waals surface area contributed by atoms with E-state index >= 15 is 0 Å². The van der Waals surface area contributed by atoms with Gasteiger partial charge in [0.1, 0.15) is 0 Å². The lowest BCUT2D eigenvalue weighted by Gasteiger charge is -2.37. The number of aliphatic hydroxyl groups excluding tert-OH is 1. The number of carbonyl (C=O) groups excluding carboxylic acids is 1. The summed E-state index contributed by atoms with van der Waals surface area (Å²) in [5.74, 6) is 0.188. The lowest BCUT2D eigenvalue weighted by Crippen LogP contribution is -2.44. The van der Waals surface area contributed by atoms with E-state index in [0.717, 1.165) is 31.4 Å². The van der Waals surface area contributed by atoms with E-state index in [0.29, 0.717) is 6.42 Å². The number of amides is 1. The average Bonchev–Trinajstić information content (AvgIpc) is 2.67. The van der Waals surface area contributed by atoms with Crippen molar-refractivity contribution in [2.24, 2.45) is 0 Å². The molecular weight excluding hydrogens is 262 g/mol. The molecule has 0 spiro atoms. The van der Waals surface area contributed by atoms with E-state index in [1.165, 1.54) is 11.1 Å². The van der Waals surface area contributed by atoms with Crippen LogP contribution < -0.4 is 0 Å². The number of nitrogens with zero attached hydrogens (tertiary/aromatic N) is 1. The Morgan fingerprint density at radius 1 is 1.33 bits per heavy atom. The Hall–Kier alpha value is -1.35. The average molecular weight is 287 g/mol. The molecule has 21 heavy (non-hydrogen) atoms. The van der Waals surface area contributed by atoms with Gasteiger partial charge in [0.2, 0.25) is 5.91 Å². The minimum Gasteiger partial charge on any atom is -0.390 e. The van der Waals surface area contributed by atoms with Gasteiger partial charge in [0.05, 0.1) is 12.1 Å². The van der Waals surface area contributed by atoms with Crippen LogP contribution in [0.15, 0.2) is 18.2 Å².